The normalized spacial score (nSPS) is 17.0. The third kappa shape index (κ3) is 4.77. The van der Waals surface area contributed by atoms with Crippen molar-refractivity contribution in [3.05, 3.63) is 58.6 Å². The standard InChI is InChI=1S/C23H29ClN2O3Si/c1-23(2,3)30(5,6)29-14-20-22(27)26-19-12-11-17(28-4)13-18(19)21(25-20)15-7-9-16(24)10-8-15/h7-13,20H,14H2,1-6H3,(H,26,27). The Balaban J connectivity index is 2.04. The first-order chi connectivity index (χ1) is 14.0. The summed E-state index contributed by atoms with van der Waals surface area (Å²) >= 11 is 6.08. The highest BCUT2D eigenvalue weighted by Gasteiger charge is 2.38. The number of ether oxygens (including phenoxy) is 1. The van der Waals surface area contributed by atoms with E-state index < -0.39 is 14.4 Å². The molecule has 2 aromatic rings. The summed E-state index contributed by atoms with van der Waals surface area (Å²) in [5.74, 6) is 0.518. The number of nitrogens with one attached hydrogen (secondary N) is 1. The number of carbonyl (C=O) groups is 1. The van der Waals surface area contributed by atoms with E-state index >= 15 is 0 Å². The number of hydrogen-bond donors (Lipinski definition) is 1. The second-order valence-electron chi connectivity index (χ2n) is 8.97. The molecular weight excluding hydrogens is 416 g/mol. The zero-order valence-corrected chi connectivity index (χ0v) is 20.1. The van der Waals surface area contributed by atoms with E-state index in [2.05, 4.69) is 39.2 Å². The molecule has 2 aromatic carbocycles. The monoisotopic (exact) mass is 444 g/mol. The highest BCUT2D eigenvalue weighted by Crippen LogP contribution is 2.37. The lowest BCUT2D eigenvalue weighted by Gasteiger charge is -2.36. The second kappa shape index (κ2) is 8.53. The maximum Gasteiger partial charge on any atom is 0.251 e. The van der Waals surface area contributed by atoms with Crippen LogP contribution in [0.3, 0.4) is 0 Å². The van der Waals surface area contributed by atoms with Crippen LogP contribution >= 0.6 is 11.6 Å². The molecule has 5 nitrogen and oxygen atoms in total. The smallest absolute Gasteiger partial charge is 0.251 e. The third-order valence-corrected chi connectivity index (χ3v) is 10.6. The summed E-state index contributed by atoms with van der Waals surface area (Å²) in [7, 11) is -0.408. The van der Waals surface area contributed by atoms with Crippen LogP contribution in [0.15, 0.2) is 47.5 Å². The lowest BCUT2D eigenvalue weighted by atomic mass is 10.0. The van der Waals surface area contributed by atoms with Crippen LogP contribution in [0.2, 0.25) is 23.2 Å². The number of anilines is 1. The van der Waals surface area contributed by atoms with Crippen LogP contribution in [-0.4, -0.2) is 39.7 Å². The number of benzene rings is 2. The fourth-order valence-electron chi connectivity index (χ4n) is 2.91. The van der Waals surface area contributed by atoms with E-state index in [1.54, 1.807) is 7.11 Å². The molecule has 160 valence electrons. The van der Waals surface area contributed by atoms with Crippen LogP contribution in [0.4, 0.5) is 5.69 Å². The lowest BCUT2D eigenvalue weighted by Crippen LogP contribution is -2.44. The Hall–Kier alpha value is -2.15. The Morgan fingerprint density at radius 2 is 1.80 bits per heavy atom. The number of carbonyl (C=O) groups excluding carboxylic acids is 1. The van der Waals surface area contributed by atoms with Crippen LogP contribution in [0.1, 0.15) is 31.9 Å². The molecule has 1 unspecified atom stereocenters. The van der Waals surface area contributed by atoms with Gasteiger partial charge in [0.1, 0.15) is 5.75 Å². The minimum absolute atomic E-state index is 0.0489. The molecule has 1 N–H and O–H groups in total. The summed E-state index contributed by atoms with van der Waals surface area (Å²) in [6.45, 7) is 11.1. The number of amides is 1. The number of benzodiazepines with no additional fused rings is 1. The van der Waals surface area contributed by atoms with Gasteiger partial charge >= 0.3 is 0 Å². The van der Waals surface area contributed by atoms with Gasteiger partial charge in [-0.25, -0.2) is 0 Å². The first kappa shape index (κ1) is 22.5. The van der Waals surface area contributed by atoms with Gasteiger partial charge in [0.25, 0.3) is 5.91 Å². The van der Waals surface area contributed by atoms with Crippen molar-refractivity contribution in [1.82, 2.24) is 0 Å². The molecule has 0 saturated heterocycles. The summed E-state index contributed by atoms with van der Waals surface area (Å²) in [4.78, 5) is 17.9. The molecule has 0 aromatic heterocycles. The molecule has 1 aliphatic heterocycles. The Labute approximate surface area is 184 Å². The van der Waals surface area contributed by atoms with E-state index in [9.17, 15) is 4.79 Å². The SMILES string of the molecule is COc1ccc2c(c1)C(c1ccc(Cl)cc1)=NC(CO[Si](C)(C)C(C)(C)C)C(=O)N2. The number of halogens is 1. The number of hydrogen-bond acceptors (Lipinski definition) is 4. The van der Waals surface area contributed by atoms with Crippen molar-refractivity contribution in [3.8, 4) is 5.75 Å². The van der Waals surface area contributed by atoms with Gasteiger partial charge in [-0.1, -0.05) is 44.5 Å². The predicted octanol–water partition coefficient (Wildman–Crippen LogP) is 5.53. The van der Waals surface area contributed by atoms with Crippen molar-refractivity contribution in [2.45, 2.75) is 44.9 Å². The molecule has 7 heteroatoms. The average Bonchev–Trinajstić information content (AvgIpc) is 2.82. The molecular formula is C23H29ClN2O3Si. The van der Waals surface area contributed by atoms with E-state index in [-0.39, 0.29) is 17.6 Å². The molecule has 0 spiro atoms. The summed E-state index contributed by atoms with van der Waals surface area (Å²) < 4.78 is 11.7. The molecule has 3 rings (SSSR count). The number of aliphatic imine (C=N–C) groups is 1. The van der Waals surface area contributed by atoms with Crippen LogP contribution in [0.25, 0.3) is 0 Å². The van der Waals surface area contributed by atoms with Crippen molar-refractivity contribution in [2.24, 2.45) is 4.99 Å². The summed E-state index contributed by atoms with van der Waals surface area (Å²) in [5.41, 5.74) is 3.09. The summed E-state index contributed by atoms with van der Waals surface area (Å²) in [6, 6.07) is 12.4. The van der Waals surface area contributed by atoms with E-state index in [1.807, 2.05) is 42.5 Å². The lowest BCUT2D eigenvalue weighted by molar-refractivity contribution is -0.117. The van der Waals surface area contributed by atoms with Crippen molar-refractivity contribution in [3.63, 3.8) is 0 Å². The fraction of sp³-hybridized carbons (Fsp3) is 0.391. The average molecular weight is 445 g/mol. The zero-order valence-electron chi connectivity index (χ0n) is 18.4. The maximum atomic E-state index is 13.0. The fourth-order valence-corrected chi connectivity index (χ4v) is 4.04. The molecule has 0 aliphatic carbocycles. The second-order valence-corrected chi connectivity index (χ2v) is 14.2. The minimum Gasteiger partial charge on any atom is -0.497 e. The molecule has 1 atom stereocenters. The van der Waals surface area contributed by atoms with Crippen LogP contribution < -0.4 is 10.1 Å². The Bertz CT molecular complexity index is 965. The Kier molecular flexibility index (Phi) is 6.41. The van der Waals surface area contributed by atoms with Crippen molar-refractivity contribution >= 4 is 37.2 Å². The van der Waals surface area contributed by atoms with E-state index in [1.165, 1.54) is 0 Å². The molecule has 30 heavy (non-hydrogen) atoms. The Morgan fingerprint density at radius 1 is 1.13 bits per heavy atom. The largest absolute Gasteiger partial charge is 0.497 e. The Morgan fingerprint density at radius 3 is 2.40 bits per heavy atom. The third-order valence-electron chi connectivity index (χ3n) is 5.85. The van der Waals surface area contributed by atoms with Gasteiger partial charge in [-0.2, -0.15) is 0 Å². The number of methoxy groups -OCH3 is 1. The van der Waals surface area contributed by atoms with E-state index in [4.69, 9.17) is 25.8 Å². The van der Waals surface area contributed by atoms with Crippen LogP contribution in [0.5, 0.6) is 5.75 Å². The topological polar surface area (TPSA) is 59.9 Å². The first-order valence-electron chi connectivity index (χ1n) is 9.99. The highest BCUT2D eigenvalue weighted by molar-refractivity contribution is 6.74. The molecule has 0 saturated carbocycles. The van der Waals surface area contributed by atoms with Gasteiger partial charge in [0.2, 0.25) is 0 Å². The van der Waals surface area contributed by atoms with Crippen molar-refractivity contribution in [1.29, 1.82) is 0 Å². The van der Waals surface area contributed by atoms with Gasteiger partial charge in [-0.05, 0) is 48.5 Å². The number of rotatable bonds is 5. The number of nitrogens with zero attached hydrogens (tertiary/aromatic N) is 1. The molecule has 0 bridgehead atoms. The molecule has 1 aliphatic rings. The van der Waals surface area contributed by atoms with Gasteiger partial charge in [-0.15, -0.1) is 0 Å². The van der Waals surface area contributed by atoms with Gasteiger partial charge in [0.15, 0.2) is 14.4 Å². The minimum atomic E-state index is -2.02. The quantitative estimate of drug-likeness (QED) is 0.617. The van der Waals surface area contributed by atoms with E-state index in [0.717, 1.165) is 11.1 Å². The van der Waals surface area contributed by atoms with Gasteiger partial charge < -0.3 is 14.5 Å². The molecule has 1 heterocycles. The highest BCUT2D eigenvalue weighted by atomic mass is 35.5. The van der Waals surface area contributed by atoms with Crippen molar-refractivity contribution in [2.75, 3.05) is 19.0 Å². The summed E-state index contributed by atoms with van der Waals surface area (Å²) in [5, 5.41) is 3.70. The molecule has 0 radical (unpaired) electrons. The number of fused-ring (bicyclic) bond motifs is 1. The maximum absolute atomic E-state index is 13.0. The van der Waals surface area contributed by atoms with E-state index in [0.29, 0.717) is 22.2 Å². The zero-order chi connectivity index (χ0) is 22.1. The molecule has 0 fully saturated rings. The van der Waals surface area contributed by atoms with Gasteiger partial charge in [-0.3, -0.25) is 9.79 Å². The van der Waals surface area contributed by atoms with Gasteiger partial charge in [0.05, 0.1) is 25.1 Å². The van der Waals surface area contributed by atoms with Crippen LogP contribution in [-0.2, 0) is 9.22 Å². The first-order valence-corrected chi connectivity index (χ1v) is 13.3. The predicted molar refractivity (Wildman–Crippen MR) is 126 cm³/mol. The summed E-state index contributed by atoms with van der Waals surface area (Å²) in [6.07, 6.45) is 0. The molecule has 1 amide bonds. The van der Waals surface area contributed by atoms with Crippen molar-refractivity contribution < 1.29 is 14.0 Å². The van der Waals surface area contributed by atoms with Gasteiger partial charge in [0, 0.05) is 16.1 Å². The van der Waals surface area contributed by atoms with Crippen LogP contribution in [0, 0.1) is 0 Å².